The second-order valence-electron chi connectivity index (χ2n) is 5.77. The molecule has 0 amide bonds. The maximum absolute atomic E-state index is 12.3. The predicted molar refractivity (Wildman–Crippen MR) is 59.0 cm³/mol. The van der Waals surface area contributed by atoms with Crippen molar-refractivity contribution >= 4 is 0 Å². The molecular formula is C12H17F3N2. The Morgan fingerprint density at radius 1 is 1.29 bits per heavy atom. The number of hydrogen-bond donors (Lipinski definition) is 0. The maximum Gasteiger partial charge on any atom is 0.408 e. The average Bonchev–Trinajstić information content (AvgIpc) is 2.84. The van der Waals surface area contributed by atoms with E-state index < -0.39 is 12.7 Å². The lowest BCUT2D eigenvalue weighted by Crippen LogP contribution is -2.18. The second kappa shape index (κ2) is 3.75. The van der Waals surface area contributed by atoms with Crippen LogP contribution in [0.1, 0.15) is 50.8 Å². The van der Waals surface area contributed by atoms with Gasteiger partial charge in [-0.2, -0.15) is 18.3 Å². The van der Waals surface area contributed by atoms with Gasteiger partial charge in [0.2, 0.25) is 0 Å². The molecule has 0 bridgehead atoms. The minimum atomic E-state index is -4.21. The molecule has 1 heterocycles. The fraction of sp³-hybridized carbons (Fsp3) is 0.750. The highest BCUT2D eigenvalue weighted by molar-refractivity contribution is 5.30. The third-order valence-corrected chi connectivity index (χ3v) is 2.90. The van der Waals surface area contributed by atoms with Crippen LogP contribution in [0.15, 0.2) is 6.20 Å². The molecule has 0 spiro atoms. The summed E-state index contributed by atoms with van der Waals surface area (Å²) in [6, 6.07) is 0. The number of nitrogens with zero attached hydrogens (tertiary/aromatic N) is 2. The van der Waals surface area contributed by atoms with Crippen molar-refractivity contribution in [3.8, 4) is 0 Å². The summed E-state index contributed by atoms with van der Waals surface area (Å²) < 4.78 is 38.0. The van der Waals surface area contributed by atoms with Gasteiger partial charge in [0.1, 0.15) is 6.54 Å². The van der Waals surface area contributed by atoms with Crippen LogP contribution in [-0.4, -0.2) is 16.0 Å². The predicted octanol–water partition coefficient (Wildman–Crippen LogP) is 3.62. The van der Waals surface area contributed by atoms with Gasteiger partial charge in [-0.3, -0.25) is 4.68 Å². The Labute approximate surface area is 98.8 Å². The summed E-state index contributed by atoms with van der Waals surface area (Å²) >= 11 is 0. The van der Waals surface area contributed by atoms with Gasteiger partial charge in [0, 0.05) is 12.1 Å². The highest BCUT2D eigenvalue weighted by Crippen LogP contribution is 2.43. The van der Waals surface area contributed by atoms with Crippen LogP contribution >= 0.6 is 0 Å². The van der Waals surface area contributed by atoms with Gasteiger partial charge in [0.05, 0.1) is 5.69 Å². The first kappa shape index (κ1) is 12.5. The quantitative estimate of drug-likeness (QED) is 0.779. The van der Waals surface area contributed by atoms with Gasteiger partial charge in [0.25, 0.3) is 0 Å². The van der Waals surface area contributed by atoms with Gasteiger partial charge in [-0.25, -0.2) is 0 Å². The summed E-state index contributed by atoms with van der Waals surface area (Å²) in [5, 5.41) is 4.12. The molecule has 0 unspecified atom stereocenters. The average molecular weight is 246 g/mol. The summed E-state index contributed by atoms with van der Waals surface area (Å²) in [5.74, 6) is 0.374. The van der Waals surface area contributed by atoms with Crippen LogP contribution in [-0.2, 0) is 12.0 Å². The third-order valence-electron chi connectivity index (χ3n) is 2.90. The van der Waals surface area contributed by atoms with Crippen molar-refractivity contribution in [2.24, 2.45) is 0 Å². The van der Waals surface area contributed by atoms with Gasteiger partial charge in [-0.1, -0.05) is 20.8 Å². The highest BCUT2D eigenvalue weighted by Gasteiger charge is 2.35. The molecule has 5 heteroatoms. The Morgan fingerprint density at radius 2 is 1.88 bits per heavy atom. The summed E-state index contributed by atoms with van der Waals surface area (Å²) in [6.07, 6.45) is -0.554. The molecule has 2 nitrogen and oxygen atoms in total. The monoisotopic (exact) mass is 246 g/mol. The SMILES string of the molecule is CC(C)(C)c1cn(CC(F)(F)F)nc1C1CC1. The van der Waals surface area contributed by atoms with Gasteiger partial charge >= 0.3 is 6.18 Å². The van der Waals surface area contributed by atoms with Crippen molar-refractivity contribution in [1.29, 1.82) is 0 Å². The van der Waals surface area contributed by atoms with Crippen molar-refractivity contribution < 1.29 is 13.2 Å². The van der Waals surface area contributed by atoms with Gasteiger partial charge in [-0.15, -0.1) is 0 Å². The molecule has 1 saturated carbocycles. The van der Waals surface area contributed by atoms with Crippen LogP contribution in [0.3, 0.4) is 0 Å². The van der Waals surface area contributed by atoms with E-state index in [-0.39, 0.29) is 5.41 Å². The van der Waals surface area contributed by atoms with Crippen molar-refractivity contribution in [1.82, 2.24) is 9.78 Å². The van der Waals surface area contributed by atoms with E-state index in [1.165, 1.54) is 0 Å². The molecule has 0 saturated heterocycles. The summed E-state index contributed by atoms with van der Waals surface area (Å²) in [5.41, 5.74) is 1.66. The van der Waals surface area contributed by atoms with E-state index in [0.717, 1.165) is 28.8 Å². The third kappa shape index (κ3) is 3.01. The van der Waals surface area contributed by atoms with E-state index in [2.05, 4.69) is 5.10 Å². The number of aromatic nitrogens is 2. The standard InChI is InChI=1S/C12H17F3N2/c1-11(2,3)9-6-17(7-12(13,14)15)16-10(9)8-4-5-8/h6,8H,4-5,7H2,1-3H3. The lowest BCUT2D eigenvalue weighted by molar-refractivity contribution is -0.142. The lowest BCUT2D eigenvalue weighted by Gasteiger charge is -2.18. The normalized spacial score (nSPS) is 17.5. The van der Waals surface area contributed by atoms with Crippen molar-refractivity contribution in [2.45, 2.75) is 57.7 Å². The van der Waals surface area contributed by atoms with Gasteiger partial charge in [-0.05, 0) is 23.8 Å². The summed E-state index contributed by atoms with van der Waals surface area (Å²) in [6.45, 7) is 5.03. The van der Waals surface area contributed by atoms with E-state index in [1.807, 2.05) is 20.8 Å². The zero-order chi connectivity index (χ0) is 12.8. The minimum Gasteiger partial charge on any atom is -0.263 e. The van der Waals surface area contributed by atoms with E-state index in [1.54, 1.807) is 6.20 Å². The highest BCUT2D eigenvalue weighted by atomic mass is 19.4. The smallest absolute Gasteiger partial charge is 0.263 e. The van der Waals surface area contributed by atoms with E-state index in [0.29, 0.717) is 5.92 Å². The van der Waals surface area contributed by atoms with Crippen LogP contribution in [0.25, 0.3) is 0 Å². The van der Waals surface area contributed by atoms with E-state index >= 15 is 0 Å². The molecule has 1 aliphatic carbocycles. The number of hydrogen-bond acceptors (Lipinski definition) is 1. The molecule has 2 rings (SSSR count). The molecule has 0 N–H and O–H groups in total. The Hall–Kier alpha value is -1.00. The molecule has 1 aliphatic rings. The topological polar surface area (TPSA) is 17.8 Å². The fourth-order valence-electron chi connectivity index (χ4n) is 1.94. The number of alkyl halides is 3. The van der Waals surface area contributed by atoms with Crippen LogP contribution in [0.4, 0.5) is 13.2 Å². The number of halogens is 3. The molecule has 17 heavy (non-hydrogen) atoms. The molecule has 1 aromatic heterocycles. The first-order chi connectivity index (χ1) is 7.67. The molecule has 1 fully saturated rings. The Bertz CT molecular complexity index is 408. The van der Waals surface area contributed by atoms with Gasteiger partial charge < -0.3 is 0 Å². The molecule has 0 radical (unpaired) electrons. The summed E-state index contributed by atoms with van der Waals surface area (Å²) in [4.78, 5) is 0. The Morgan fingerprint density at radius 3 is 2.29 bits per heavy atom. The van der Waals surface area contributed by atoms with E-state index in [9.17, 15) is 13.2 Å². The summed E-state index contributed by atoms with van der Waals surface area (Å²) in [7, 11) is 0. The number of rotatable bonds is 2. The molecule has 96 valence electrons. The van der Waals surface area contributed by atoms with Crippen molar-refractivity contribution in [2.75, 3.05) is 0 Å². The van der Waals surface area contributed by atoms with Crippen LogP contribution in [0.5, 0.6) is 0 Å². The van der Waals surface area contributed by atoms with Crippen molar-refractivity contribution in [3.05, 3.63) is 17.5 Å². The minimum absolute atomic E-state index is 0.151. The molecule has 1 aromatic rings. The van der Waals surface area contributed by atoms with Crippen LogP contribution in [0, 0.1) is 0 Å². The molecule has 0 aromatic carbocycles. The molecular weight excluding hydrogens is 229 g/mol. The van der Waals surface area contributed by atoms with Gasteiger partial charge in [0.15, 0.2) is 0 Å². The van der Waals surface area contributed by atoms with Crippen LogP contribution < -0.4 is 0 Å². The largest absolute Gasteiger partial charge is 0.408 e. The first-order valence-corrected chi connectivity index (χ1v) is 5.81. The van der Waals surface area contributed by atoms with Crippen LogP contribution in [0.2, 0.25) is 0 Å². The van der Waals surface area contributed by atoms with E-state index in [4.69, 9.17) is 0 Å². The Kier molecular flexibility index (Phi) is 2.75. The second-order valence-corrected chi connectivity index (χ2v) is 5.77. The maximum atomic E-state index is 12.3. The molecule has 0 aliphatic heterocycles. The lowest BCUT2D eigenvalue weighted by atomic mass is 9.86. The first-order valence-electron chi connectivity index (χ1n) is 5.81. The Balaban J connectivity index is 2.31. The molecule has 0 atom stereocenters. The zero-order valence-electron chi connectivity index (χ0n) is 10.3. The fourth-order valence-corrected chi connectivity index (χ4v) is 1.94. The van der Waals surface area contributed by atoms with Crippen molar-refractivity contribution in [3.63, 3.8) is 0 Å². The zero-order valence-corrected chi connectivity index (χ0v) is 10.3.